The van der Waals surface area contributed by atoms with Crippen LogP contribution in [0.4, 0.5) is 0 Å². The molecular formula is C9H15O4S-. The Balaban J connectivity index is 3.34. The number of hydrogen-bond acceptors (Lipinski definition) is 4. The van der Waals surface area contributed by atoms with Crippen LogP contribution in [0.15, 0.2) is 12.7 Å². The largest absolute Gasteiger partial charge is 0.772 e. The Kier molecular flexibility index (Phi) is 7.32. The number of hydrogen-bond donors (Lipinski definition) is 0. The summed E-state index contributed by atoms with van der Waals surface area (Å²) in [6, 6.07) is 0. The van der Waals surface area contributed by atoms with Crippen LogP contribution in [-0.2, 0) is 20.6 Å². The van der Waals surface area contributed by atoms with Gasteiger partial charge in [0.15, 0.2) is 0 Å². The van der Waals surface area contributed by atoms with Crippen molar-refractivity contribution in [3.63, 3.8) is 0 Å². The lowest BCUT2D eigenvalue weighted by Crippen LogP contribution is -2.10. The van der Waals surface area contributed by atoms with Crippen molar-refractivity contribution in [1.29, 1.82) is 0 Å². The summed E-state index contributed by atoms with van der Waals surface area (Å²) < 4.78 is 25.6. The first kappa shape index (κ1) is 13.3. The molecule has 0 aromatic carbocycles. The lowest BCUT2D eigenvalue weighted by atomic mass is 10.2. The maximum atomic E-state index is 10.6. The third-order valence-corrected chi connectivity index (χ3v) is 2.64. The van der Waals surface area contributed by atoms with Crippen molar-refractivity contribution in [2.24, 2.45) is 0 Å². The summed E-state index contributed by atoms with van der Waals surface area (Å²) in [5.74, 6) is -0.439. The van der Waals surface area contributed by atoms with E-state index < -0.39 is 17.0 Å². The van der Waals surface area contributed by atoms with Crippen molar-refractivity contribution in [2.75, 3.05) is 6.61 Å². The summed E-state index contributed by atoms with van der Waals surface area (Å²) in [5, 5.41) is -0.329. The van der Waals surface area contributed by atoms with E-state index in [0.29, 0.717) is 19.4 Å². The first-order valence-electron chi connectivity index (χ1n) is 4.45. The van der Waals surface area contributed by atoms with Crippen LogP contribution in [0.2, 0.25) is 0 Å². The second kappa shape index (κ2) is 7.70. The van der Waals surface area contributed by atoms with E-state index in [1.807, 2.05) is 0 Å². The van der Waals surface area contributed by atoms with Crippen LogP contribution in [0, 0.1) is 0 Å². The van der Waals surface area contributed by atoms with Crippen molar-refractivity contribution < 1.29 is 18.3 Å². The van der Waals surface area contributed by atoms with Gasteiger partial charge >= 0.3 is 5.97 Å². The minimum atomic E-state index is -2.00. The molecule has 0 aromatic rings. The Morgan fingerprint density at radius 2 is 2.29 bits per heavy atom. The summed E-state index contributed by atoms with van der Waals surface area (Å²) in [6.07, 6.45) is 3.12. The van der Waals surface area contributed by atoms with Crippen LogP contribution in [0.3, 0.4) is 0 Å². The molecule has 4 nitrogen and oxygen atoms in total. The molecule has 0 heterocycles. The molecule has 0 saturated carbocycles. The third kappa shape index (κ3) is 6.80. The zero-order valence-corrected chi connectivity index (χ0v) is 9.05. The van der Waals surface area contributed by atoms with Gasteiger partial charge in [0.25, 0.3) is 0 Å². The van der Waals surface area contributed by atoms with Crippen LogP contribution >= 0.6 is 0 Å². The highest BCUT2D eigenvalue weighted by molar-refractivity contribution is 7.79. The molecule has 2 unspecified atom stereocenters. The fraction of sp³-hybridized carbons (Fsp3) is 0.667. The number of carbonyl (C=O) groups is 1. The van der Waals surface area contributed by atoms with Gasteiger partial charge in [0.1, 0.15) is 0 Å². The fourth-order valence-corrected chi connectivity index (χ4v) is 1.22. The second-order valence-corrected chi connectivity index (χ2v) is 4.26. The summed E-state index contributed by atoms with van der Waals surface area (Å²) in [6.45, 7) is 5.23. The van der Waals surface area contributed by atoms with Gasteiger partial charge in [-0.15, -0.1) is 0 Å². The molecule has 0 bridgehead atoms. The lowest BCUT2D eigenvalue weighted by molar-refractivity contribution is -0.137. The Morgan fingerprint density at radius 3 is 2.79 bits per heavy atom. The quantitative estimate of drug-likeness (QED) is 0.279. The monoisotopic (exact) mass is 219 g/mol. The molecule has 0 fully saturated rings. The molecule has 0 radical (unpaired) electrons. The molecule has 5 heteroatoms. The predicted molar refractivity (Wildman–Crippen MR) is 53.4 cm³/mol. The first-order chi connectivity index (χ1) is 6.57. The molecule has 14 heavy (non-hydrogen) atoms. The molecule has 0 aliphatic heterocycles. The molecule has 0 spiro atoms. The normalized spacial score (nSPS) is 14.4. The summed E-state index contributed by atoms with van der Waals surface area (Å²) >= 11 is -2.00. The van der Waals surface area contributed by atoms with E-state index in [4.69, 9.17) is 4.74 Å². The van der Waals surface area contributed by atoms with Gasteiger partial charge in [0.2, 0.25) is 0 Å². The number of unbranched alkanes of at least 4 members (excludes halogenated alkanes) is 1. The van der Waals surface area contributed by atoms with E-state index in [0.717, 1.165) is 12.5 Å². The van der Waals surface area contributed by atoms with Gasteiger partial charge in [0.05, 0.1) is 6.61 Å². The van der Waals surface area contributed by atoms with Crippen molar-refractivity contribution in [1.82, 2.24) is 0 Å². The standard InChI is InChI=1S/C9H16O4S/c1-3-9(10)13-7-5-4-6-8(2)14(11)12/h3,8H,1,4-7H2,2H3,(H,11,12)/p-1. The average molecular weight is 219 g/mol. The van der Waals surface area contributed by atoms with Gasteiger partial charge in [-0.1, -0.05) is 24.6 Å². The van der Waals surface area contributed by atoms with E-state index in [1.165, 1.54) is 0 Å². The van der Waals surface area contributed by atoms with E-state index in [9.17, 15) is 13.6 Å². The molecule has 0 aromatic heterocycles. The van der Waals surface area contributed by atoms with E-state index in [-0.39, 0.29) is 5.25 Å². The molecule has 0 aliphatic rings. The molecule has 2 atom stereocenters. The van der Waals surface area contributed by atoms with Crippen molar-refractivity contribution in [3.05, 3.63) is 12.7 Å². The van der Waals surface area contributed by atoms with Crippen LogP contribution in [-0.4, -0.2) is 26.6 Å². The van der Waals surface area contributed by atoms with Gasteiger partial charge in [0, 0.05) is 11.3 Å². The Labute approximate surface area is 86.6 Å². The zero-order valence-electron chi connectivity index (χ0n) is 8.23. The zero-order chi connectivity index (χ0) is 11.0. The number of rotatable bonds is 7. The maximum absolute atomic E-state index is 10.6. The molecular weight excluding hydrogens is 204 g/mol. The van der Waals surface area contributed by atoms with Crippen LogP contribution in [0.1, 0.15) is 26.2 Å². The predicted octanol–water partition coefficient (Wildman–Crippen LogP) is 1.15. The number of esters is 1. The van der Waals surface area contributed by atoms with Gasteiger partial charge in [-0.3, -0.25) is 4.21 Å². The van der Waals surface area contributed by atoms with Gasteiger partial charge in [-0.2, -0.15) is 0 Å². The van der Waals surface area contributed by atoms with Crippen LogP contribution in [0.25, 0.3) is 0 Å². The SMILES string of the molecule is C=CC(=O)OCCCCC(C)S(=O)[O-]. The van der Waals surface area contributed by atoms with E-state index >= 15 is 0 Å². The fourth-order valence-electron chi connectivity index (χ4n) is 0.862. The summed E-state index contributed by atoms with van der Waals surface area (Å²) in [4.78, 5) is 10.6. The highest BCUT2D eigenvalue weighted by Gasteiger charge is 2.01. The topological polar surface area (TPSA) is 66.4 Å². The van der Waals surface area contributed by atoms with E-state index in [2.05, 4.69) is 6.58 Å². The van der Waals surface area contributed by atoms with Crippen molar-refractivity contribution >= 4 is 17.0 Å². The third-order valence-electron chi connectivity index (χ3n) is 1.74. The minimum absolute atomic E-state index is 0.322. The average Bonchev–Trinajstić information content (AvgIpc) is 2.16. The van der Waals surface area contributed by atoms with Gasteiger partial charge < -0.3 is 9.29 Å². The van der Waals surface area contributed by atoms with Crippen LogP contribution in [0.5, 0.6) is 0 Å². The number of carbonyl (C=O) groups excluding carboxylic acids is 1. The molecule has 0 rings (SSSR count). The summed E-state index contributed by atoms with van der Waals surface area (Å²) in [7, 11) is 0. The molecule has 0 amide bonds. The lowest BCUT2D eigenvalue weighted by Gasteiger charge is -2.13. The van der Waals surface area contributed by atoms with Crippen LogP contribution < -0.4 is 0 Å². The molecule has 0 N–H and O–H groups in total. The van der Waals surface area contributed by atoms with Gasteiger partial charge in [-0.05, 0) is 19.3 Å². The van der Waals surface area contributed by atoms with E-state index in [1.54, 1.807) is 6.92 Å². The molecule has 0 aliphatic carbocycles. The van der Waals surface area contributed by atoms with Crippen molar-refractivity contribution in [3.8, 4) is 0 Å². The Hall–Kier alpha value is -0.680. The maximum Gasteiger partial charge on any atom is 0.330 e. The highest BCUT2D eigenvalue weighted by atomic mass is 32.2. The smallest absolute Gasteiger partial charge is 0.330 e. The molecule has 0 saturated heterocycles. The Bertz CT molecular complexity index is 215. The Morgan fingerprint density at radius 1 is 1.64 bits per heavy atom. The number of ether oxygens (including phenoxy) is 1. The van der Waals surface area contributed by atoms with Gasteiger partial charge in [-0.25, -0.2) is 4.79 Å². The van der Waals surface area contributed by atoms with Crippen molar-refractivity contribution in [2.45, 2.75) is 31.4 Å². The highest BCUT2D eigenvalue weighted by Crippen LogP contribution is 2.05. The minimum Gasteiger partial charge on any atom is -0.772 e. The first-order valence-corrected chi connectivity index (χ1v) is 5.59. The second-order valence-electron chi connectivity index (χ2n) is 2.94. The molecule has 82 valence electrons. The summed E-state index contributed by atoms with van der Waals surface area (Å²) in [5.41, 5.74) is 0.